The van der Waals surface area contributed by atoms with Crippen LogP contribution in [0.1, 0.15) is 49.1 Å². The number of nitro groups is 1. The number of likely N-dealkylation sites (tertiary alicyclic amines) is 1. The molecule has 0 radical (unpaired) electrons. The number of nitrogens with zero attached hydrogens (tertiary/aromatic N) is 2. The number of non-ortho nitro benzene ring substituents is 1. The van der Waals surface area contributed by atoms with Gasteiger partial charge in [0.1, 0.15) is 0 Å². The van der Waals surface area contributed by atoms with E-state index in [0.29, 0.717) is 36.5 Å². The van der Waals surface area contributed by atoms with Crippen LogP contribution < -0.4 is 15.2 Å². The van der Waals surface area contributed by atoms with E-state index in [2.05, 4.69) is 0 Å². The lowest BCUT2D eigenvalue weighted by Crippen LogP contribution is -2.25. The van der Waals surface area contributed by atoms with Crippen LogP contribution in [0.15, 0.2) is 36.4 Å². The van der Waals surface area contributed by atoms with Gasteiger partial charge in [0, 0.05) is 43.2 Å². The maximum absolute atomic E-state index is 12.7. The molecule has 164 valence electrons. The van der Waals surface area contributed by atoms with E-state index in [1.807, 2.05) is 18.2 Å². The molecule has 1 unspecified atom stereocenters. The van der Waals surface area contributed by atoms with E-state index < -0.39 is 4.92 Å². The molecular weight excluding hydrogens is 398 g/mol. The minimum Gasteiger partial charge on any atom is -0.493 e. The van der Waals surface area contributed by atoms with E-state index >= 15 is 0 Å². The van der Waals surface area contributed by atoms with Crippen LogP contribution in [-0.2, 0) is 11.3 Å². The van der Waals surface area contributed by atoms with Crippen LogP contribution >= 0.6 is 0 Å². The van der Waals surface area contributed by atoms with Gasteiger partial charge in [-0.3, -0.25) is 14.9 Å². The summed E-state index contributed by atoms with van der Waals surface area (Å²) < 4.78 is 11.7. The second kappa shape index (κ2) is 8.83. The smallest absolute Gasteiger partial charge is 0.271 e. The number of carbonyl (C=O) groups is 1. The van der Waals surface area contributed by atoms with Gasteiger partial charge in [-0.05, 0) is 55.0 Å². The zero-order chi connectivity index (χ0) is 22.0. The van der Waals surface area contributed by atoms with E-state index in [1.165, 1.54) is 25.0 Å². The quantitative estimate of drug-likeness (QED) is 0.408. The van der Waals surface area contributed by atoms with Crippen molar-refractivity contribution in [1.82, 2.24) is 4.90 Å². The molecule has 2 aromatic rings. The maximum Gasteiger partial charge on any atom is 0.271 e. The highest BCUT2D eigenvalue weighted by molar-refractivity contribution is 5.80. The number of rotatable bonds is 7. The van der Waals surface area contributed by atoms with Crippen LogP contribution in [0.5, 0.6) is 11.5 Å². The topological polar surface area (TPSA) is 108 Å². The fourth-order valence-corrected chi connectivity index (χ4v) is 4.42. The lowest BCUT2D eigenvalue weighted by atomic mass is 9.98. The van der Waals surface area contributed by atoms with Gasteiger partial charge in [-0.25, -0.2) is 0 Å². The van der Waals surface area contributed by atoms with Crippen molar-refractivity contribution in [3.63, 3.8) is 0 Å². The Labute approximate surface area is 181 Å². The van der Waals surface area contributed by atoms with Gasteiger partial charge in [-0.15, -0.1) is 0 Å². The van der Waals surface area contributed by atoms with Crippen molar-refractivity contribution in [3.8, 4) is 11.5 Å². The summed E-state index contributed by atoms with van der Waals surface area (Å²) in [5.74, 6) is 1.52. The first-order valence-corrected chi connectivity index (χ1v) is 10.6. The molecule has 0 aromatic heterocycles. The second-order valence-corrected chi connectivity index (χ2v) is 8.25. The van der Waals surface area contributed by atoms with E-state index in [4.69, 9.17) is 15.2 Å². The summed E-state index contributed by atoms with van der Waals surface area (Å²) in [5.41, 5.74) is 8.00. The van der Waals surface area contributed by atoms with Crippen molar-refractivity contribution in [3.05, 3.63) is 57.6 Å². The first-order chi connectivity index (χ1) is 14.9. The number of anilines is 1. The van der Waals surface area contributed by atoms with Crippen LogP contribution in [0.3, 0.4) is 0 Å². The molecule has 1 amide bonds. The molecule has 2 N–H and O–H groups in total. The normalized spacial score (nSPS) is 19.1. The number of ether oxygens (including phenoxy) is 2. The third-order valence-corrected chi connectivity index (χ3v) is 6.17. The van der Waals surface area contributed by atoms with Gasteiger partial charge >= 0.3 is 0 Å². The molecule has 2 aliphatic rings. The SMILES string of the molecule is COc1ccc(C2CC(=O)N(Cc3ccc([N+](=O)[O-])cc3N)C2)cc1OC1CCCC1. The van der Waals surface area contributed by atoms with Crippen LogP contribution in [0, 0.1) is 10.1 Å². The lowest BCUT2D eigenvalue weighted by Gasteiger charge is -2.20. The maximum atomic E-state index is 12.7. The third-order valence-electron chi connectivity index (χ3n) is 6.17. The Morgan fingerprint density at radius 1 is 1.16 bits per heavy atom. The molecule has 0 bridgehead atoms. The molecule has 2 aromatic carbocycles. The average molecular weight is 425 g/mol. The van der Waals surface area contributed by atoms with Gasteiger partial charge in [0.2, 0.25) is 5.91 Å². The van der Waals surface area contributed by atoms with E-state index in [9.17, 15) is 14.9 Å². The predicted molar refractivity (Wildman–Crippen MR) is 116 cm³/mol. The van der Waals surface area contributed by atoms with Gasteiger partial charge in [-0.2, -0.15) is 0 Å². The van der Waals surface area contributed by atoms with Crippen molar-refractivity contribution < 1.29 is 19.2 Å². The van der Waals surface area contributed by atoms with E-state index in [1.54, 1.807) is 18.1 Å². The first-order valence-electron chi connectivity index (χ1n) is 10.6. The number of hydrogen-bond acceptors (Lipinski definition) is 6. The highest BCUT2D eigenvalue weighted by Gasteiger charge is 2.32. The first kappa shape index (κ1) is 21.0. The van der Waals surface area contributed by atoms with Gasteiger partial charge in [0.25, 0.3) is 5.69 Å². The third kappa shape index (κ3) is 4.57. The molecule has 1 saturated carbocycles. The summed E-state index contributed by atoms with van der Waals surface area (Å²) in [4.78, 5) is 24.8. The highest BCUT2D eigenvalue weighted by Crippen LogP contribution is 2.37. The van der Waals surface area contributed by atoms with Crippen molar-refractivity contribution in [1.29, 1.82) is 0 Å². The summed E-state index contributed by atoms with van der Waals surface area (Å²) in [5, 5.41) is 10.9. The number of amides is 1. The monoisotopic (exact) mass is 425 g/mol. The zero-order valence-corrected chi connectivity index (χ0v) is 17.6. The van der Waals surface area contributed by atoms with Crippen LogP contribution in [0.25, 0.3) is 0 Å². The Balaban J connectivity index is 1.48. The minimum atomic E-state index is -0.480. The standard InChI is InChI=1S/C23H27N3O5/c1-30-21-9-7-15(10-22(21)31-19-4-2-3-5-19)17-11-23(27)25(14-17)13-16-6-8-18(26(28)29)12-20(16)24/h6-10,12,17,19H,2-5,11,13-14,24H2,1H3. The average Bonchev–Trinajstić information content (AvgIpc) is 3.39. The molecule has 31 heavy (non-hydrogen) atoms. The number of nitro benzene ring substituents is 1. The fourth-order valence-electron chi connectivity index (χ4n) is 4.42. The Kier molecular flexibility index (Phi) is 5.97. The fraction of sp³-hybridized carbons (Fsp3) is 0.435. The summed E-state index contributed by atoms with van der Waals surface area (Å²) in [6, 6.07) is 10.3. The molecular formula is C23H27N3O5. The van der Waals surface area contributed by atoms with Crippen LogP contribution in [-0.4, -0.2) is 35.5 Å². The van der Waals surface area contributed by atoms with Crippen LogP contribution in [0.2, 0.25) is 0 Å². The Morgan fingerprint density at radius 2 is 1.94 bits per heavy atom. The van der Waals surface area contributed by atoms with Crippen molar-refractivity contribution in [2.75, 3.05) is 19.4 Å². The van der Waals surface area contributed by atoms with E-state index in [-0.39, 0.29) is 23.6 Å². The zero-order valence-electron chi connectivity index (χ0n) is 17.6. The second-order valence-electron chi connectivity index (χ2n) is 8.25. The molecule has 1 atom stereocenters. The van der Waals surface area contributed by atoms with Gasteiger partial charge in [-0.1, -0.05) is 6.07 Å². The Morgan fingerprint density at radius 3 is 2.61 bits per heavy atom. The van der Waals surface area contributed by atoms with Gasteiger partial charge in [0.15, 0.2) is 11.5 Å². The highest BCUT2D eigenvalue weighted by atomic mass is 16.6. The molecule has 8 nitrogen and oxygen atoms in total. The Hall–Kier alpha value is -3.29. The number of hydrogen-bond donors (Lipinski definition) is 1. The summed E-state index contributed by atoms with van der Waals surface area (Å²) in [6.07, 6.45) is 5.10. The number of benzene rings is 2. The number of carbonyl (C=O) groups excluding carboxylic acids is 1. The van der Waals surface area contributed by atoms with Gasteiger partial charge < -0.3 is 20.1 Å². The molecule has 2 fully saturated rings. The van der Waals surface area contributed by atoms with Crippen molar-refractivity contribution >= 4 is 17.3 Å². The molecule has 1 aliphatic carbocycles. The Bertz CT molecular complexity index is 987. The summed E-state index contributed by atoms with van der Waals surface area (Å²) >= 11 is 0. The predicted octanol–water partition coefficient (Wildman–Crippen LogP) is 4.02. The van der Waals surface area contributed by atoms with Gasteiger partial charge in [0.05, 0.1) is 18.1 Å². The number of methoxy groups -OCH3 is 1. The molecule has 8 heteroatoms. The molecule has 1 heterocycles. The van der Waals surface area contributed by atoms with Crippen molar-refractivity contribution in [2.24, 2.45) is 0 Å². The van der Waals surface area contributed by atoms with E-state index in [0.717, 1.165) is 24.2 Å². The molecule has 0 spiro atoms. The van der Waals surface area contributed by atoms with Crippen LogP contribution in [0.4, 0.5) is 11.4 Å². The summed E-state index contributed by atoms with van der Waals surface area (Å²) in [6.45, 7) is 0.894. The minimum absolute atomic E-state index is 0.0387. The molecule has 1 saturated heterocycles. The number of nitrogen functional groups attached to an aromatic ring is 1. The number of nitrogens with two attached hydrogens (primary N) is 1. The summed E-state index contributed by atoms with van der Waals surface area (Å²) in [7, 11) is 1.63. The lowest BCUT2D eigenvalue weighted by molar-refractivity contribution is -0.384. The van der Waals surface area contributed by atoms with Crippen molar-refractivity contribution in [2.45, 2.75) is 50.7 Å². The molecule has 1 aliphatic heterocycles. The largest absolute Gasteiger partial charge is 0.493 e. The molecule has 4 rings (SSSR count).